The molecule has 0 aromatic heterocycles. The van der Waals surface area contributed by atoms with Crippen LogP contribution in [0.3, 0.4) is 0 Å². The van der Waals surface area contributed by atoms with Gasteiger partial charge in [0.25, 0.3) is 0 Å². The van der Waals surface area contributed by atoms with Gasteiger partial charge in [-0.2, -0.15) is 0 Å². The third-order valence-electron chi connectivity index (χ3n) is 2.96. The Morgan fingerprint density at radius 2 is 1.95 bits per heavy atom. The van der Waals surface area contributed by atoms with Crippen LogP contribution in [0.1, 0.15) is 5.56 Å². The third-order valence-corrected chi connectivity index (χ3v) is 2.96. The van der Waals surface area contributed by atoms with Crippen molar-refractivity contribution >= 4 is 11.6 Å². The van der Waals surface area contributed by atoms with E-state index in [2.05, 4.69) is 5.32 Å². The minimum Gasteiger partial charge on any atom is -0.508 e. The molecule has 0 bridgehead atoms. The fourth-order valence-corrected chi connectivity index (χ4v) is 1.95. The van der Waals surface area contributed by atoms with Gasteiger partial charge in [-0.05, 0) is 29.8 Å². The van der Waals surface area contributed by atoms with Crippen LogP contribution in [0.5, 0.6) is 17.2 Å². The maximum Gasteiger partial charge on any atom is 0.228 e. The zero-order valence-electron chi connectivity index (χ0n) is 11.9. The highest BCUT2D eigenvalue weighted by molar-refractivity contribution is 5.93. The molecule has 5 heteroatoms. The van der Waals surface area contributed by atoms with E-state index < -0.39 is 0 Å². The molecule has 0 aliphatic heterocycles. The lowest BCUT2D eigenvalue weighted by Gasteiger charge is -2.11. The Balaban J connectivity index is 2.09. The highest BCUT2D eigenvalue weighted by Gasteiger charge is 2.09. The van der Waals surface area contributed by atoms with Gasteiger partial charge in [0.1, 0.15) is 17.2 Å². The van der Waals surface area contributed by atoms with Gasteiger partial charge in [-0.25, -0.2) is 0 Å². The van der Waals surface area contributed by atoms with E-state index in [1.807, 2.05) is 0 Å². The van der Waals surface area contributed by atoms with Crippen molar-refractivity contribution in [2.24, 2.45) is 0 Å². The number of phenolic OH excluding ortho intramolecular Hbond substituents is 1. The molecule has 2 N–H and O–H groups in total. The van der Waals surface area contributed by atoms with Gasteiger partial charge in [-0.3, -0.25) is 4.79 Å². The monoisotopic (exact) mass is 287 g/mol. The van der Waals surface area contributed by atoms with Crippen LogP contribution in [0.2, 0.25) is 0 Å². The number of anilines is 1. The summed E-state index contributed by atoms with van der Waals surface area (Å²) in [6, 6.07) is 11.8. The fourth-order valence-electron chi connectivity index (χ4n) is 1.95. The van der Waals surface area contributed by atoms with Crippen molar-refractivity contribution in [2.75, 3.05) is 19.5 Å². The summed E-state index contributed by atoms with van der Waals surface area (Å²) in [4.78, 5) is 12.0. The zero-order valence-corrected chi connectivity index (χ0v) is 11.9. The Morgan fingerprint density at radius 3 is 2.62 bits per heavy atom. The molecule has 110 valence electrons. The predicted octanol–water partition coefficient (Wildman–Crippen LogP) is 2.59. The van der Waals surface area contributed by atoms with E-state index in [0.29, 0.717) is 17.2 Å². The number of aromatic hydroxyl groups is 1. The van der Waals surface area contributed by atoms with Gasteiger partial charge in [0.15, 0.2) is 0 Å². The third kappa shape index (κ3) is 3.89. The van der Waals surface area contributed by atoms with Crippen LogP contribution >= 0.6 is 0 Å². The Hall–Kier alpha value is -2.69. The molecule has 2 aromatic carbocycles. The summed E-state index contributed by atoms with van der Waals surface area (Å²) in [5.74, 6) is 1.13. The first-order valence-electron chi connectivity index (χ1n) is 6.42. The van der Waals surface area contributed by atoms with E-state index in [4.69, 9.17) is 9.47 Å². The quantitative estimate of drug-likeness (QED) is 0.887. The first-order valence-corrected chi connectivity index (χ1v) is 6.42. The molecule has 2 rings (SSSR count). The largest absolute Gasteiger partial charge is 0.508 e. The van der Waals surface area contributed by atoms with E-state index in [1.54, 1.807) is 49.6 Å². The number of nitrogens with one attached hydrogen (secondary N) is 1. The van der Waals surface area contributed by atoms with E-state index in [0.717, 1.165) is 5.56 Å². The summed E-state index contributed by atoms with van der Waals surface area (Å²) < 4.78 is 10.3. The zero-order chi connectivity index (χ0) is 15.2. The van der Waals surface area contributed by atoms with Crippen molar-refractivity contribution < 1.29 is 19.4 Å². The van der Waals surface area contributed by atoms with Gasteiger partial charge < -0.3 is 19.9 Å². The number of phenols is 1. The minimum absolute atomic E-state index is 0.141. The normalized spacial score (nSPS) is 10.0. The molecule has 0 fully saturated rings. The first kappa shape index (κ1) is 14.7. The molecule has 0 aliphatic rings. The molecule has 0 unspecified atom stereocenters. The number of hydrogen-bond donors (Lipinski definition) is 2. The second kappa shape index (κ2) is 6.65. The molecule has 0 aliphatic carbocycles. The summed E-state index contributed by atoms with van der Waals surface area (Å²) in [6.07, 6.45) is 0.170. The summed E-state index contributed by atoms with van der Waals surface area (Å²) in [5.41, 5.74) is 1.31. The van der Waals surface area contributed by atoms with E-state index in [9.17, 15) is 9.90 Å². The smallest absolute Gasteiger partial charge is 0.228 e. The van der Waals surface area contributed by atoms with Crippen LogP contribution in [0.4, 0.5) is 5.69 Å². The van der Waals surface area contributed by atoms with Gasteiger partial charge in [0.2, 0.25) is 5.91 Å². The van der Waals surface area contributed by atoms with Crippen LogP contribution in [-0.4, -0.2) is 25.2 Å². The van der Waals surface area contributed by atoms with Crippen molar-refractivity contribution in [3.05, 3.63) is 48.0 Å². The second-order valence-corrected chi connectivity index (χ2v) is 4.46. The Labute approximate surface area is 123 Å². The number of carbonyl (C=O) groups excluding carboxylic acids is 1. The molecular weight excluding hydrogens is 270 g/mol. The number of carbonyl (C=O) groups is 1. The van der Waals surface area contributed by atoms with Crippen molar-refractivity contribution in [1.29, 1.82) is 0 Å². The molecule has 0 radical (unpaired) electrons. The molecule has 0 saturated carbocycles. The predicted molar refractivity (Wildman–Crippen MR) is 80.0 cm³/mol. The standard InChI is InChI=1S/C16H17NO4/c1-20-13-6-7-14(15(10-13)21-2)17-16(19)9-11-4-3-5-12(18)8-11/h3-8,10,18H,9H2,1-2H3,(H,17,19). The van der Waals surface area contributed by atoms with Crippen molar-refractivity contribution in [3.63, 3.8) is 0 Å². The number of methoxy groups -OCH3 is 2. The van der Waals surface area contributed by atoms with Crippen LogP contribution in [0, 0.1) is 0 Å². The van der Waals surface area contributed by atoms with Gasteiger partial charge in [0, 0.05) is 6.07 Å². The van der Waals surface area contributed by atoms with Gasteiger partial charge >= 0.3 is 0 Å². The maximum atomic E-state index is 12.0. The molecule has 0 heterocycles. The molecule has 2 aromatic rings. The average molecular weight is 287 g/mol. The minimum atomic E-state index is -0.191. The van der Waals surface area contributed by atoms with Crippen LogP contribution < -0.4 is 14.8 Å². The van der Waals surface area contributed by atoms with Gasteiger partial charge in [-0.15, -0.1) is 0 Å². The summed E-state index contributed by atoms with van der Waals surface area (Å²) in [6.45, 7) is 0. The molecule has 21 heavy (non-hydrogen) atoms. The Kier molecular flexibility index (Phi) is 4.66. The van der Waals surface area contributed by atoms with Crippen LogP contribution in [0.25, 0.3) is 0 Å². The van der Waals surface area contributed by atoms with E-state index >= 15 is 0 Å². The molecule has 5 nitrogen and oxygen atoms in total. The topological polar surface area (TPSA) is 67.8 Å². The number of hydrogen-bond acceptors (Lipinski definition) is 4. The van der Waals surface area contributed by atoms with Crippen molar-refractivity contribution in [1.82, 2.24) is 0 Å². The SMILES string of the molecule is COc1ccc(NC(=O)Cc2cccc(O)c2)c(OC)c1. The highest BCUT2D eigenvalue weighted by atomic mass is 16.5. The van der Waals surface area contributed by atoms with Crippen LogP contribution in [-0.2, 0) is 11.2 Å². The number of ether oxygens (including phenoxy) is 2. The maximum absolute atomic E-state index is 12.0. The average Bonchev–Trinajstić information content (AvgIpc) is 2.47. The number of rotatable bonds is 5. The second-order valence-electron chi connectivity index (χ2n) is 4.46. The van der Waals surface area contributed by atoms with E-state index in [1.165, 1.54) is 7.11 Å². The summed E-state index contributed by atoms with van der Waals surface area (Å²) in [7, 11) is 3.09. The number of amides is 1. The summed E-state index contributed by atoms with van der Waals surface area (Å²) in [5, 5.41) is 12.2. The molecule has 0 saturated heterocycles. The van der Waals surface area contributed by atoms with Gasteiger partial charge in [-0.1, -0.05) is 12.1 Å². The molecule has 0 atom stereocenters. The Bertz CT molecular complexity index is 640. The number of benzene rings is 2. The van der Waals surface area contributed by atoms with Gasteiger partial charge in [0.05, 0.1) is 26.3 Å². The fraction of sp³-hybridized carbons (Fsp3) is 0.188. The lowest BCUT2D eigenvalue weighted by Crippen LogP contribution is -2.15. The lowest BCUT2D eigenvalue weighted by molar-refractivity contribution is -0.115. The molecule has 0 spiro atoms. The van der Waals surface area contributed by atoms with Crippen molar-refractivity contribution in [3.8, 4) is 17.2 Å². The summed E-state index contributed by atoms with van der Waals surface area (Å²) >= 11 is 0. The van der Waals surface area contributed by atoms with E-state index in [-0.39, 0.29) is 18.1 Å². The highest BCUT2D eigenvalue weighted by Crippen LogP contribution is 2.29. The lowest BCUT2D eigenvalue weighted by atomic mass is 10.1. The molecular formula is C16H17NO4. The Morgan fingerprint density at radius 1 is 1.14 bits per heavy atom. The molecule has 1 amide bonds. The van der Waals surface area contributed by atoms with Crippen molar-refractivity contribution in [2.45, 2.75) is 6.42 Å². The first-order chi connectivity index (χ1) is 10.1. The van der Waals surface area contributed by atoms with Crippen LogP contribution in [0.15, 0.2) is 42.5 Å².